The van der Waals surface area contributed by atoms with Crippen LogP contribution in [0.1, 0.15) is 18.7 Å². The number of nitrogens with one attached hydrogen (secondary N) is 1. The summed E-state index contributed by atoms with van der Waals surface area (Å²) in [4.78, 5) is 55.9. The summed E-state index contributed by atoms with van der Waals surface area (Å²) in [6.45, 7) is -1.55. The molecule has 0 aromatic carbocycles. The first-order valence-electron chi connectivity index (χ1n) is 13.5. The number of H-pyrrole nitrogens is 1. The van der Waals surface area contributed by atoms with Gasteiger partial charge in [-0.2, -0.15) is 15.0 Å². The number of aliphatic hydroxyl groups excluding tert-OH is 1. The van der Waals surface area contributed by atoms with E-state index in [-0.39, 0.29) is 46.5 Å². The van der Waals surface area contributed by atoms with Crippen LogP contribution in [-0.4, -0.2) is 97.7 Å². The van der Waals surface area contributed by atoms with Crippen molar-refractivity contribution in [3.63, 3.8) is 0 Å². The molecule has 10 atom stereocenters. The van der Waals surface area contributed by atoms with Gasteiger partial charge in [-0.05, 0) is 6.42 Å². The monoisotopic (exact) mass is 689 g/mol. The van der Waals surface area contributed by atoms with Crippen LogP contribution in [0.15, 0.2) is 17.4 Å². The number of nitrogens with two attached hydrogens (primary N) is 3. The van der Waals surface area contributed by atoms with Crippen LogP contribution >= 0.6 is 15.6 Å². The van der Waals surface area contributed by atoms with Gasteiger partial charge in [0.25, 0.3) is 5.56 Å². The number of hydrogen-bond acceptors (Lipinski definition) is 17. The van der Waals surface area contributed by atoms with Crippen molar-refractivity contribution < 1.29 is 51.2 Å². The first-order valence-corrected chi connectivity index (χ1v) is 16.5. The number of phosphoric acid groups is 2. The van der Waals surface area contributed by atoms with Crippen LogP contribution in [-0.2, 0) is 32.0 Å². The Kier molecular flexibility index (Phi) is 7.40. The fourth-order valence-electron chi connectivity index (χ4n) is 5.88. The van der Waals surface area contributed by atoms with Gasteiger partial charge >= 0.3 is 15.6 Å². The number of alkyl halides is 1. The molecule has 2 bridgehead atoms. The highest BCUT2D eigenvalue weighted by Gasteiger charge is 2.54. The van der Waals surface area contributed by atoms with Crippen LogP contribution in [0.3, 0.4) is 0 Å². The van der Waals surface area contributed by atoms with Crippen molar-refractivity contribution in [2.24, 2.45) is 5.92 Å². The predicted molar refractivity (Wildman–Crippen MR) is 150 cm³/mol. The quantitative estimate of drug-likeness (QED) is 0.123. The third-order valence-corrected chi connectivity index (χ3v) is 9.89. The average Bonchev–Trinajstić information content (AvgIpc) is 3.72. The largest absolute Gasteiger partial charge is 0.472 e. The Labute approximate surface area is 254 Å². The second-order valence-electron chi connectivity index (χ2n) is 10.8. The highest BCUT2D eigenvalue weighted by Crippen LogP contribution is 2.55. The predicted octanol–water partition coefficient (Wildman–Crippen LogP) is -1.12. The van der Waals surface area contributed by atoms with Crippen molar-refractivity contribution in [2.45, 2.75) is 49.3 Å². The number of imidazole rings is 2. The molecule has 7 rings (SSSR count). The maximum absolute atomic E-state index is 16.0. The van der Waals surface area contributed by atoms with E-state index in [9.17, 15) is 28.8 Å². The zero-order valence-electron chi connectivity index (χ0n) is 23.1. The molecule has 0 radical (unpaired) electrons. The molecule has 6 heterocycles. The van der Waals surface area contributed by atoms with E-state index >= 15 is 4.39 Å². The van der Waals surface area contributed by atoms with E-state index in [1.54, 1.807) is 0 Å². The van der Waals surface area contributed by atoms with Gasteiger partial charge in [-0.25, -0.2) is 23.5 Å². The van der Waals surface area contributed by atoms with Crippen molar-refractivity contribution >= 4 is 55.7 Å². The van der Waals surface area contributed by atoms with E-state index in [1.807, 2.05) is 0 Å². The number of hydrogen-bond donors (Lipinski definition) is 7. The molecule has 2 aliphatic heterocycles. The summed E-state index contributed by atoms with van der Waals surface area (Å²) in [5.74, 6) is -1.62. The molecule has 4 aromatic rings. The summed E-state index contributed by atoms with van der Waals surface area (Å²) in [5, 5.41) is 11.1. The Balaban J connectivity index is 1.21. The summed E-state index contributed by atoms with van der Waals surface area (Å²) in [6.07, 6.45) is -8.23. The van der Waals surface area contributed by atoms with Gasteiger partial charge in [0.05, 0.1) is 38.0 Å². The van der Waals surface area contributed by atoms with Crippen molar-refractivity contribution in [1.29, 1.82) is 0 Å². The highest BCUT2D eigenvalue weighted by atomic mass is 31.2. The number of ether oxygens (including phenoxy) is 1. The second kappa shape index (κ2) is 11.0. The molecule has 248 valence electrons. The van der Waals surface area contributed by atoms with Crippen LogP contribution in [0.4, 0.5) is 22.1 Å². The lowest BCUT2D eigenvalue weighted by Crippen LogP contribution is -2.34. The normalized spacial score (nSPS) is 37.1. The third-order valence-electron chi connectivity index (χ3n) is 7.92. The van der Waals surface area contributed by atoms with E-state index in [2.05, 4.69) is 29.9 Å². The molecule has 0 amide bonds. The number of fused-ring (bicyclic) bond motifs is 5. The first kappa shape index (κ1) is 31.0. The van der Waals surface area contributed by atoms with Gasteiger partial charge < -0.3 is 41.4 Å². The van der Waals surface area contributed by atoms with Crippen LogP contribution in [0.2, 0.25) is 0 Å². The van der Waals surface area contributed by atoms with Crippen LogP contribution in [0.5, 0.6) is 0 Å². The molecular formula is C21H26FN11O11P2. The Hall–Kier alpha value is -3.63. The van der Waals surface area contributed by atoms with Gasteiger partial charge in [-0.3, -0.25) is 32.4 Å². The minimum Gasteiger partial charge on any atom is -0.390 e. The molecule has 3 fully saturated rings. The lowest BCUT2D eigenvalue weighted by Gasteiger charge is -2.26. The van der Waals surface area contributed by atoms with Crippen molar-refractivity contribution in [3.8, 4) is 0 Å². The number of halogens is 1. The van der Waals surface area contributed by atoms with E-state index in [0.717, 1.165) is 10.9 Å². The van der Waals surface area contributed by atoms with Crippen molar-refractivity contribution in [2.75, 3.05) is 30.4 Å². The molecule has 0 spiro atoms. The van der Waals surface area contributed by atoms with Crippen LogP contribution in [0.25, 0.3) is 22.3 Å². The fourth-order valence-corrected chi connectivity index (χ4v) is 7.85. The maximum Gasteiger partial charge on any atom is 0.472 e. The van der Waals surface area contributed by atoms with Gasteiger partial charge in [-0.15, -0.1) is 0 Å². The molecule has 22 nitrogen and oxygen atoms in total. The molecule has 3 aliphatic rings. The van der Waals surface area contributed by atoms with E-state index in [1.165, 1.54) is 10.9 Å². The van der Waals surface area contributed by atoms with Gasteiger partial charge in [0.15, 0.2) is 35.0 Å². The lowest BCUT2D eigenvalue weighted by atomic mass is 10.1. The number of aromatic amines is 1. The van der Waals surface area contributed by atoms with E-state index in [0.29, 0.717) is 0 Å². The number of nitrogen functional groups attached to an aromatic ring is 3. The molecule has 4 aromatic heterocycles. The molecule has 10 N–H and O–H groups in total. The Bertz CT molecular complexity index is 1990. The van der Waals surface area contributed by atoms with Gasteiger partial charge in [0.1, 0.15) is 23.8 Å². The Morgan fingerprint density at radius 1 is 0.935 bits per heavy atom. The minimum atomic E-state index is -5.10. The molecule has 25 heteroatoms. The lowest BCUT2D eigenvalue weighted by molar-refractivity contribution is -0.0509. The zero-order valence-corrected chi connectivity index (χ0v) is 24.9. The number of nitrogens with zero attached hydrogens (tertiary/aromatic N) is 7. The molecule has 1 saturated carbocycles. The molecule has 4 unspecified atom stereocenters. The number of phosphoric ester groups is 2. The number of rotatable bonds is 2. The Morgan fingerprint density at radius 2 is 1.59 bits per heavy atom. The van der Waals surface area contributed by atoms with E-state index in [4.69, 9.17) is 40.0 Å². The van der Waals surface area contributed by atoms with Crippen molar-refractivity contribution in [3.05, 3.63) is 23.0 Å². The van der Waals surface area contributed by atoms with Crippen molar-refractivity contribution in [1.82, 2.24) is 39.0 Å². The average molecular weight is 689 g/mol. The van der Waals surface area contributed by atoms with Crippen LogP contribution in [0, 0.1) is 5.92 Å². The number of aliphatic hydroxyl groups is 1. The molecule has 2 saturated heterocycles. The fraction of sp³-hybridized carbons (Fsp3) is 0.524. The maximum atomic E-state index is 16.0. The molecule has 46 heavy (non-hydrogen) atoms. The topological polar surface area (TPSA) is 326 Å². The van der Waals surface area contributed by atoms with Gasteiger partial charge in [0, 0.05) is 5.92 Å². The first-order chi connectivity index (χ1) is 21.7. The summed E-state index contributed by atoms with van der Waals surface area (Å²) in [7, 11) is -10.2. The summed E-state index contributed by atoms with van der Waals surface area (Å²) in [6, 6.07) is -1.03. The smallest absolute Gasteiger partial charge is 0.390 e. The minimum absolute atomic E-state index is 0.0253. The summed E-state index contributed by atoms with van der Waals surface area (Å²) < 4.78 is 71.3. The zero-order chi connectivity index (χ0) is 32.7. The molecule has 1 aliphatic carbocycles. The summed E-state index contributed by atoms with van der Waals surface area (Å²) in [5.41, 5.74) is 16.4. The van der Waals surface area contributed by atoms with Gasteiger partial charge in [0.2, 0.25) is 11.9 Å². The number of aromatic nitrogens is 8. The van der Waals surface area contributed by atoms with Crippen LogP contribution < -0.4 is 22.8 Å². The highest BCUT2D eigenvalue weighted by molar-refractivity contribution is 7.47. The van der Waals surface area contributed by atoms with E-state index < -0.39 is 83.2 Å². The number of anilines is 3. The standard InChI is InChI=1S/C21H26FN11O11P2/c22-9-14-8(42-19(9)33-5-26-10-15(23)28-20(24)29-16(10)33)3-41-46(38,39)43-13-7(1-6(12(13)34)2-40-45(36,37)44-14)32-4-27-11-17(32)30-21(25)31-18(11)35/h4-9,12-14,19,34H,1-3H2,(H,36,37)(H,38,39)(H4,23,24,28,29)(H3,25,30,31,35)/t6-,7-,8-,9+,12?,13-,14?,19-/m1/s1. The molecular weight excluding hydrogens is 663 g/mol. The second-order valence-corrected chi connectivity index (χ2v) is 13.6. The van der Waals surface area contributed by atoms with Gasteiger partial charge in [-0.1, -0.05) is 0 Å². The summed E-state index contributed by atoms with van der Waals surface area (Å²) >= 11 is 0. The third kappa shape index (κ3) is 5.33. The SMILES string of the molecule is Nc1nc(N)c2ncn([C@@H]3O[C@@H]4COP(=O)(O)O[C@H]5C(O)[C@@H](COP(=O)(O)OC4[C@@H]3F)C[C@H]5n3cnc4c(=O)[nH]c(N)nc43)c2n1. The Morgan fingerprint density at radius 3 is 2.35 bits per heavy atom.